The van der Waals surface area contributed by atoms with Gasteiger partial charge in [-0.25, -0.2) is 4.57 Å². The second kappa shape index (κ2) is 12.8. The van der Waals surface area contributed by atoms with Gasteiger partial charge in [0.2, 0.25) is 29.5 Å². The zero-order valence-electron chi connectivity index (χ0n) is 15.7. The summed E-state index contributed by atoms with van der Waals surface area (Å²) in [4.78, 5) is 75.5. The summed E-state index contributed by atoms with van der Waals surface area (Å²) in [5.41, 5.74) is 4.95. The molecule has 0 heterocycles. The van der Waals surface area contributed by atoms with Gasteiger partial charge in [-0.3, -0.25) is 28.5 Å². The summed E-state index contributed by atoms with van der Waals surface area (Å²) in [5, 5.41) is 26.4. The highest BCUT2D eigenvalue weighted by Crippen LogP contribution is 2.35. The number of phosphoric acid groups is 1. The number of primary amides is 1. The Hall–Kier alpha value is -2.62. The molecule has 10 N–H and O–H groups in total. The number of amides is 5. The third-order valence-electron chi connectivity index (χ3n) is 3.22. The summed E-state index contributed by atoms with van der Waals surface area (Å²) in [5.74, 6) is -4.90. The van der Waals surface area contributed by atoms with Gasteiger partial charge in [0.25, 0.3) is 0 Å². The van der Waals surface area contributed by atoms with E-state index in [9.17, 15) is 33.6 Å². The molecule has 0 saturated heterocycles. The summed E-state index contributed by atoms with van der Waals surface area (Å²) in [7, 11) is -5.07. The van der Waals surface area contributed by atoms with Gasteiger partial charge in [0, 0.05) is 6.92 Å². The highest BCUT2D eigenvalue weighted by atomic mass is 31.2. The first-order valence-electron chi connectivity index (χ1n) is 8.16. The van der Waals surface area contributed by atoms with E-state index in [4.69, 9.17) is 20.6 Å². The van der Waals surface area contributed by atoms with Gasteiger partial charge >= 0.3 is 7.82 Å². The molecule has 0 aliphatic rings. The van der Waals surface area contributed by atoms with Crippen molar-refractivity contribution in [3.63, 3.8) is 0 Å². The fourth-order valence-electron chi connectivity index (χ4n) is 1.75. The summed E-state index contributed by atoms with van der Waals surface area (Å²) < 4.78 is 15.0. The maximum Gasteiger partial charge on any atom is 0.469 e. The lowest BCUT2D eigenvalue weighted by molar-refractivity contribution is -0.135. The van der Waals surface area contributed by atoms with Crippen molar-refractivity contribution in [1.29, 1.82) is 0 Å². The lowest BCUT2D eigenvalue weighted by Gasteiger charge is -2.23. The first-order chi connectivity index (χ1) is 13.8. The quantitative estimate of drug-likeness (QED) is 0.117. The Morgan fingerprint density at radius 1 is 0.933 bits per heavy atom. The van der Waals surface area contributed by atoms with Gasteiger partial charge in [-0.2, -0.15) is 0 Å². The van der Waals surface area contributed by atoms with E-state index >= 15 is 0 Å². The number of hydrogen-bond donors (Lipinski definition) is 9. The number of hydrogen-bond acceptors (Lipinski definition) is 9. The number of carbonyl (C=O) groups excluding carboxylic acids is 5. The molecule has 30 heavy (non-hydrogen) atoms. The highest BCUT2D eigenvalue weighted by Gasteiger charge is 2.30. The average Bonchev–Trinajstić information content (AvgIpc) is 2.64. The fraction of sp³-hybridized carbons (Fsp3) is 0.615. The van der Waals surface area contributed by atoms with Crippen molar-refractivity contribution in [3.8, 4) is 0 Å². The maximum absolute atomic E-state index is 12.2. The normalized spacial score (nSPS) is 14.0. The number of phosphoric ester groups is 1. The molecule has 0 saturated carbocycles. The van der Waals surface area contributed by atoms with Crippen molar-refractivity contribution >= 4 is 37.4 Å². The fourth-order valence-corrected chi connectivity index (χ4v) is 2.09. The molecule has 0 unspecified atom stereocenters. The van der Waals surface area contributed by atoms with Crippen molar-refractivity contribution in [2.75, 3.05) is 26.4 Å². The van der Waals surface area contributed by atoms with E-state index in [1.807, 2.05) is 10.6 Å². The van der Waals surface area contributed by atoms with Gasteiger partial charge < -0.3 is 47.0 Å². The standard InChI is InChI=1S/C13H24N5O11P/c1-6(21)15-2-10(22)16-8(4-20)12(24)18-9(5-29-30(26,27)28)13(25)17-7(3-19)11(14)23/h7-9,19-20H,2-5H2,1H3,(H2,14,23)(H,15,21)(H,16,22)(H,17,25)(H,18,24)(H2,26,27,28)/t7-,8-,9-/m0/s1. The van der Waals surface area contributed by atoms with Crippen LogP contribution >= 0.6 is 7.82 Å². The zero-order valence-corrected chi connectivity index (χ0v) is 16.6. The van der Waals surface area contributed by atoms with Crippen LogP contribution in [0.4, 0.5) is 0 Å². The van der Waals surface area contributed by atoms with Crippen LogP contribution in [-0.4, -0.2) is 94.0 Å². The lowest BCUT2D eigenvalue weighted by atomic mass is 10.2. The highest BCUT2D eigenvalue weighted by molar-refractivity contribution is 7.46. The molecule has 172 valence electrons. The monoisotopic (exact) mass is 457 g/mol. The minimum atomic E-state index is -5.07. The molecule has 0 aromatic heterocycles. The Balaban J connectivity index is 5.24. The predicted octanol–water partition coefficient (Wildman–Crippen LogP) is -5.84. The van der Waals surface area contributed by atoms with E-state index in [1.165, 1.54) is 0 Å². The third kappa shape index (κ3) is 11.4. The zero-order chi connectivity index (χ0) is 23.5. The molecule has 0 bridgehead atoms. The Morgan fingerprint density at radius 3 is 1.87 bits per heavy atom. The van der Waals surface area contributed by atoms with Crippen LogP contribution in [0.25, 0.3) is 0 Å². The summed E-state index contributed by atoms with van der Waals surface area (Å²) >= 11 is 0. The van der Waals surface area contributed by atoms with E-state index < -0.39 is 81.8 Å². The molecule has 0 aromatic rings. The van der Waals surface area contributed by atoms with Gasteiger partial charge in [-0.15, -0.1) is 0 Å². The van der Waals surface area contributed by atoms with Crippen LogP contribution in [0.2, 0.25) is 0 Å². The van der Waals surface area contributed by atoms with E-state index in [0.717, 1.165) is 6.92 Å². The van der Waals surface area contributed by atoms with Gasteiger partial charge in [-0.1, -0.05) is 0 Å². The molecule has 5 amide bonds. The van der Waals surface area contributed by atoms with E-state index in [-0.39, 0.29) is 0 Å². The molecule has 17 heteroatoms. The average molecular weight is 457 g/mol. The molecule has 0 spiro atoms. The van der Waals surface area contributed by atoms with Gasteiger partial charge in [0.1, 0.15) is 18.1 Å². The van der Waals surface area contributed by atoms with Gasteiger partial charge in [0.15, 0.2) is 0 Å². The second-order valence-electron chi connectivity index (χ2n) is 5.71. The number of aliphatic hydroxyl groups is 2. The Bertz CT molecular complexity index is 697. The van der Waals surface area contributed by atoms with E-state index in [2.05, 4.69) is 15.2 Å². The molecule has 0 aromatic carbocycles. The number of carbonyl (C=O) groups is 5. The Kier molecular flexibility index (Phi) is 11.7. The number of rotatable bonds is 13. The molecule has 0 radical (unpaired) electrons. The van der Waals surface area contributed by atoms with Crippen LogP contribution in [0.1, 0.15) is 6.92 Å². The number of nitrogens with two attached hydrogens (primary N) is 1. The second-order valence-corrected chi connectivity index (χ2v) is 6.95. The maximum atomic E-state index is 12.2. The number of nitrogens with one attached hydrogen (secondary N) is 4. The van der Waals surface area contributed by atoms with Crippen LogP contribution in [0.3, 0.4) is 0 Å². The molecule has 0 rings (SSSR count). The van der Waals surface area contributed by atoms with Crippen LogP contribution in [0, 0.1) is 0 Å². The van der Waals surface area contributed by atoms with Crippen molar-refractivity contribution in [3.05, 3.63) is 0 Å². The summed E-state index contributed by atoms with van der Waals surface area (Å²) in [6.07, 6.45) is 0. The molecule has 3 atom stereocenters. The van der Waals surface area contributed by atoms with Crippen LogP contribution < -0.4 is 27.0 Å². The smallest absolute Gasteiger partial charge is 0.394 e. The Labute approximate surface area is 169 Å². The van der Waals surface area contributed by atoms with Crippen LogP contribution in [-0.2, 0) is 33.1 Å². The SMILES string of the molecule is CC(=O)NCC(=O)N[C@@H](CO)C(=O)N[C@@H](COP(=O)(O)O)C(=O)N[C@@H](CO)C(N)=O. The lowest BCUT2D eigenvalue weighted by Crippen LogP contribution is -2.59. The van der Waals surface area contributed by atoms with Crippen molar-refractivity contribution < 1.29 is 53.1 Å². The number of aliphatic hydroxyl groups excluding tert-OH is 2. The summed E-state index contributed by atoms with van der Waals surface area (Å²) in [6, 6.07) is -5.00. The van der Waals surface area contributed by atoms with E-state index in [0.29, 0.717) is 0 Å². The van der Waals surface area contributed by atoms with E-state index in [1.54, 1.807) is 0 Å². The molecule has 0 fully saturated rings. The minimum absolute atomic E-state index is 0.513. The molecule has 0 aliphatic carbocycles. The van der Waals surface area contributed by atoms with Crippen molar-refractivity contribution in [2.24, 2.45) is 5.73 Å². The van der Waals surface area contributed by atoms with Crippen molar-refractivity contribution in [2.45, 2.75) is 25.0 Å². The predicted molar refractivity (Wildman–Crippen MR) is 95.8 cm³/mol. The van der Waals surface area contributed by atoms with Crippen LogP contribution in [0.15, 0.2) is 0 Å². The molecule has 0 aliphatic heterocycles. The first kappa shape index (κ1) is 27.4. The van der Waals surface area contributed by atoms with Gasteiger partial charge in [-0.05, 0) is 0 Å². The molecular formula is C13H24N5O11P. The Morgan fingerprint density at radius 2 is 1.43 bits per heavy atom. The first-order valence-corrected chi connectivity index (χ1v) is 9.69. The molecular weight excluding hydrogens is 433 g/mol. The molecule has 16 nitrogen and oxygen atoms in total. The summed E-state index contributed by atoms with van der Waals surface area (Å²) in [6.45, 7) is -2.29. The largest absolute Gasteiger partial charge is 0.469 e. The van der Waals surface area contributed by atoms with Crippen LogP contribution in [0.5, 0.6) is 0 Å². The van der Waals surface area contributed by atoms with Crippen molar-refractivity contribution in [1.82, 2.24) is 21.3 Å². The van der Waals surface area contributed by atoms with Gasteiger partial charge in [0.05, 0.1) is 26.4 Å². The third-order valence-corrected chi connectivity index (χ3v) is 3.70. The minimum Gasteiger partial charge on any atom is -0.394 e. The topological polar surface area (TPSA) is 267 Å².